The fraction of sp³-hybridized carbons (Fsp3) is 0.167. The van der Waals surface area contributed by atoms with Crippen LogP contribution in [0.5, 0.6) is 0 Å². The fourth-order valence-corrected chi connectivity index (χ4v) is 1.44. The Balaban J connectivity index is 2.31. The lowest BCUT2D eigenvalue weighted by atomic mass is 10.2. The van der Waals surface area contributed by atoms with Gasteiger partial charge in [0.15, 0.2) is 5.82 Å². The van der Waals surface area contributed by atoms with Crippen LogP contribution in [0.1, 0.15) is 11.3 Å². The Kier molecular flexibility index (Phi) is 2.72. The van der Waals surface area contributed by atoms with Gasteiger partial charge in [-0.1, -0.05) is 0 Å². The standard InChI is InChI=1S/C12H14N4/c1-8-6-10(13)12(15-7-8)16-11-4-3-5-14-9(11)2/h3-7H,13H2,1-2H3,(H,15,16). The summed E-state index contributed by atoms with van der Waals surface area (Å²) in [5.41, 5.74) is 9.41. The van der Waals surface area contributed by atoms with Crippen molar-refractivity contribution in [3.63, 3.8) is 0 Å². The zero-order valence-corrected chi connectivity index (χ0v) is 9.36. The van der Waals surface area contributed by atoms with E-state index in [2.05, 4.69) is 15.3 Å². The van der Waals surface area contributed by atoms with E-state index < -0.39 is 0 Å². The van der Waals surface area contributed by atoms with Crippen molar-refractivity contribution in [1.82, 2.24) is 9.97 Å². The van der Waals surface area contributed by atoms with Gasteiger partial charge >= 0.3 is 0 Å². The number of nitrogen functional groups attached to an aromatic ring is 1. The minimum absolute atomic E-state index is 0.642. The lowest BCUT2D eigenvalue weighted by Gasteiger charge is -2.10. The molecule has 2 aromatic rings. The molecule has 0 aliphatic heterocycles. The predicted octanol–water partition coefficient (Wildman–Crippen LogP) is 2.42. The lowest BCUT2D eigenvalue weighted by Crippen LogP contribution is -2.01. The van der Waals surface area contributed by atoms with Crippen molar-refractivity contribution < 1.29 is 0 Å². The summed E-state index contributed by atoms with van der Waals surface area (Å²) in [4.78, 5) is 8.44. The molecule has 0 aromatic carbocycles. The van der Waals surface area contributed by atoms with Gasteiger partial charge in [-0.25, -0.2) is 4.98 Å². The summed E-state index contributed by atoms with van der Waals surface area (Å²) >= 11 is 0. The SMILES string of the molecule is Cc1cnc(Nc2cccnc2C)c(N)c1. The van der Waals surface area contributed by atoms with Gasteiger partial charge in [-0.2, -0.15) is 0 Å². The summed E-state index contributed by atoms with van der Waals surface area (Å²) in [6.45, 7) is 3.90. The number of nitrogens with zero attached hydrogens (tertiary/aromatic N) is 2. The average Bonchev–Trinajstić information content (AvgIpc) is 2.25. The molecule has 2 heterocycles. The van der Waals surface area contributed by atoms with Gasteiger partial charge in [0, 0.05) is 12.4 Å². The zero-order valence-electron chi connectivity index (χ0n) is 9.36. The molecule has 0 bridgehead atoms. The van der Waals surface area contributed by atoms with E-state index >= 15 is 0 Å². The normalized spacial score (nSPS) is 10.1. The van der Waals surface area contributed by atoms with E-state index in [1.165, 1.54) is 0 Å². The van der Waals surface area contributed by atoms with Crippen molar-refractivity contribution in [3.8, 4) is 0 Å². The molecule has 4 heteroatoms. The van der Waals surface area contributed by atoms with Gasteiger partial charge in [-0.15, -0.1) is 0 Å². The maximum Gasteiger partial charge on any atom is 0.153 e. The largest absolute Gasteiger partial charge is 0.396 e. The van der Waals surface area contributed by atoms with Crippen LogP contribution in [0.3, 0.4) is 0 Å². The summed E-state index contributed by atoms with van der Waals surface area (Å²) in [5, 5.41) is 3.17. The highest BCUT2D eigenvalue weighted by Crippen LogP contribution is 2.22. The van der Waals surface area contributed by atoms with Crippen LogP contribution in [-0.2, 0) is 0 Å². The number of hydrogen-bond donors (Lipinski definition) is 2. The molecular formula is C12H14N4. The smallest absolute Gasteiger partial charge is 0.153 e. The Hall–Kier alpha value is -2.10. The van der Waals surface area contributed by atoms with Gasteiger partial charge in [0.1, 0.15) is 0 Å². The Morgan fingerprint density at radius 2 is 2.06 bits per heavy atom. The Bertz CT molecular complexity index is 508. The third-order valence-corrected chi connectivity index (χ3v) is 2.31. The molecule has 0 spiro atoms. The van der Waals surface area contributed by atoms with Gasteiger partial charge in [0.05, 0.1) is 17.1 Å². The number of nitrogens with one attached hydrogen (secondary N) is 1. The minimum atomic E-state index is 0.642. The molecule has 0 unspecified atom stereocenters. The van der Waals surface area contributed by atoms with Gasteiger partial charge in [-0.05, 0) is 37.6 Å². The summed E-state index contributed by atoms with van der Waals surface area (Å²) in [7, 11) is 0. The van der Waals surface area contributed by atoms with Crippen molar-refractivity contribution in [2.45, 2.75) is 13.8 Å². The molecule has 0 radical (unpaired) electrons. The van der Waals surface area contributed by atoms with Gasteiger partial charge < -0.3 is 11.1 Å². The molecule has 2 rings (SSSR count). The first-order valence-corrected chi connectivity index (χ1v) is 5.07. The summed E-state index contributed by atoms with van der Waals surface area (Å²) < 4.78 is 0. The number of hydrogen-bond acceptors (Lipinski definition) is 4. The van der Waals surface area contributed by atoms with E-state index in [0.717, 1.165) is 16.9 Å². The first-order chi connectivity index (χ1) is 7.66. The average molecular weight is 214 g/mol. The van der Waals surface area contributed by atoms with Crippen molar-refractivity contribution in [1.29, 1.82) is 0 Å². The number of anilines is 3. The number of aryl methyl sites for hydroxylation is 2. The van der Waals surface area contributed by atoms with E-state index in [1.54, 1.807) is 12.4 Å². The monoisotopic (exact) mass is 214 g/mol. The third kappa shape index (κ3) is 2.11. The lowest BCUT2D eigenvalue weighted by molar-refractivity contribution is 1.19. The highest BCUT2D eigenvalue weighted by molar-refractivity contribution is 5.69. The van der Waals surface area contributed by atoms with Gasteiger partial charge in [-0.3, -0.25) is 4.98 Å². The Morgan fingerprint density at radius 3 is 2.75 bits per heavy atom. The fourth-order valence-electron chi connectivity index (χ4n) is 1.44. The van der Waals surface area contributed by atoms with Crippen LogP contribution >= 0.6 is 0 Å². The molecule has 0 fully saturated rings. The zero-order chi connectivity index (χ0) is 11.5. The molecule has 3 N–H and O–H groups in total. The second-order valence-electron chi connectivity index (χ2n) is 3.71. The molecule has 4 nitrogen and oxygen atoms in total. The van der Waals surface area contributed by atoms with Crippen LogP contribution in [0, 0.1) is 13.8 Å². The third-order valence-electron chi connectivity index (χ3n) is 2.31. The number of pyridine rings is 2. The number of aromatic nitrogens is 2. The van der Waals surface area contributed by atoms with Crippen LogP contribution in [-0.4, -0.2) is 9.97 Å². The molecule has 0 amide bonds. The van der Waals surface area contributed by atoms with Crippen LogP contribution in [0.2, 0.25) is 0 Å². The Labute approximate surface area is 94.5 Å². The molecule has 0 saturated carbocycles. The summed E-state index contributed by atoms with van der Waals surface area (Å²) in [5.74, 6) is 0.668. The topological polar surface area (TPSA) is 63.8 Å². The molecule has 0 atom stereocenters. The first-order valence-electron chi connectivity index (χ1n) is 5.07. The van der Waals surface area contributed by atoms with Crippen LogP contribution in [0.25, 0.3) is 0 Å². The van der Waals surface area contributed by atoms with E-state index in [1.807, 2.05) is 32.0 Å². The van der Waals surface area contributed by atoms with Crippen molar-refractivity contribution >= 4 is 17.2 Å². The van der Waals surface area contributed by atoms with Crippen LogP contribution < -0.4 is 11.1 Å². The molecular weight excluding hydrogens is 200 g/mol. The van der Waals surface area contributed by atoms with Crippen molar-refractivity contribution in [2.75, 3.05) is 11.1 Å². The summed E-state index contributed by atoms with van der Waals surface area (Å²) in [6.07, 6.45) is 3.54. The van der Waals surface area contributed by atoms with Crippen molar-refractivity contribution in [3.05, 3.63) is 41.9 Å². The quantitative estimate of drug-likeness (QED) is 0.805. The molecule has 0 aliphatic rings. The van der Waals surface area contributed by atoms with E-state index in [-0.39, 0.29) is 0 Å². The first kappa shape index (κ1) is 10.4. The molecule has 16 heavy (non-hydrogen) atoms. The van der Waals surface area contributed by atoms with E-state index in [0.29, 0.717) is 11.5 Å². The van der Waals surface area contributed by atoms with Crippen molar-refractivity contribution in [2.24, 2.45) is 0 Å². The second-order valence-corrected chi connectivity index (χ2v) is 3.71. The minimum Gasteiger partial charge on any atom is -0.396 e. The predicted molar refractivity (Wildman–Crippen MR) is 65.6 cm³/mol. The van der Waals surface area contributed by atoms with Gasteiger partial charge in [0.2, 0.25) is 0 Å². The Morgan fingerprint density at radius 1 is 1.25 bits per heavy atom. The van der Waals surface area contributed by atoms with E-state index in [9.17, 15) is 0 Å². The van der Waals surface area contributed by atoms with Crippen LogP contribution in [0.15, 0.2) is 30.6 Å². The number of rotatable bonds is 2. The van der Waals surface area contributed by atoms with Gasteiger partial charge in [0.25, 0.3) is 0 Å². The van der Waals surface area contributed by atoms with E-state index in [4.69, 9.17) is 5.73 Å². The summed E-state index contributed by atoms with van der Waals surface area (Å²) in [6, 6.07) is 5.71. The maximum atomic E-state index is 5.87. The number of nitrogens with two attached hydrogens (primary N) is 1. The highest BCUT2D eigenvalue weighted by atomic mass is 15.0. The van der Waals surface area contributed by atoms with Crippen LogP contribution in [0.4, 0.5) is 17.2 Å². The molecule has 2 aromatic heterocycles. The molecule has 82 valence electrons. The second kappa shape index (κ2) is 4.18. The highest BCUT2D eigenvalue weighted by Gasteiger charge is 2.03. The molecule has 0 aliphatic carbocycles. The maximum absolute atomic E-state index is 5.87. The molecule has 0 saturated heterocycles.